The van der Waals surface area contributed by atoms with Crippen molar-refractivity contribution in [3.05, 3.63) is 41.2 Å². The van der Waals surface area contributed by atoms with Gasteiger partial charge >= 0.3 is 0 Å². The summed E-state index contributed by atoms with van der Waals surface area (Å²) >= 11 is 7.21. The molecular formula is C14H17ClN4O4S2. The molecule has 1 heterocycles. The van der Waals surface area contributed by atoms with E-state index in [1.807, 2.05) is 0 Å². The van der Waals surface area contributed by atoms with Gasteiger partial charge in [-0.05, 0) is 18.4 Å². The summed E-state index contributed by atoms with van der Waals surface area (Å²) in [6.07, 6.45) is 2.08. The SMILES string of the molecule is COC1=CC(OC)N(S(=O)(=O)c2ccccc2Cl)C(N=C(N)SC)=N1. The number of amidine groups is 1. The van der Waals surface area contributed by atoms with Crippen LogP contribution in [0.3, 0.4) is 0 Å². The molecule has 1 aromatic carbocycles. The van der Waals surface area contributed by atoms with Gasteiger partial charge in [0.05, 0.1) is 12.1 Å². The summed E-state index contributed by atoms with van der Waals surface area (Å²) in [7, 11) is -1.36. The summed E-state index contributed by atoms with van der Waals surface area (Å²) in [6, 6.07) is 6.07. The fourth-order valence-electron chi connectivity index (χ4n) is 1.99. The van der Waals surface area contributed by atoms with Gasteiger partial charge in [0.15, 0.2) is 11.4 Å². The summed E-state index contributed by atoms with van der Waals surface area (Å²) < 4.78 is 37.6. The van der Waals surface area contributed by atoms with Crippen LogP contribution in [0, 0.1) is 0 Å². The van der Waals surface area contributed by atoms with Gasteiger partial charge in [0.2, 0.25) is 11.8 Å². The highest BCUT2D eigenvalue weighted by Crippen LogP contribution is 2.29. The predicted octanol–water partition coefficient (Wildman–Crippen LogP) is 1.84. The number of hydrogen-bond acceptors (Lipinski definition) is 7. The number of rotatable bonds is 4. The van der Waals surface area contributed by atoms with E-state index in [-0.39, 0.29) is 26.9 Å². The van der Waals surface area contributed by atoms with Crippen molar-refractivity contribution < 1.29 is 17.9 Å². The third kappa shape index (κ3) is 4.09. The fraction of sp³-hybridized carbons (Fsp3) is 0.286. The highest BCUT2D eigenvalue weighted by atomic mass is 35.5. The highest BCUT2D eigenvalue weighted by Gasteiger charge is 2.38. The molecule has 0 saturated carbocycles. The lowest BCUT2D eigenvalue weighted by Crippen LogP contribution is -2.46. The van der Waals surface area contributed by atoms with Crippen LogP contribution in [0.25, 0.3) is 0 Å². The molecule has 0 aliphatic carbocycles. The van der Waals surface area contributed by atoms with Crippen LogP contribution in [0.2, 0.25) is 5.02 Å². The molecule has 25 heavy (non-hydrogen) atoms. The fourth-order valence-corrected chi connectivity index (χ4v) is 4.08. The van der Waals surface area contributed by atoms with Crippen LogP contribution < -0.4 is 5.73 Å². The number of nitrogens with zero attached hydrogens (tertiary/aromatic N) is 3. The van der Waals surface area contributed by atoms with Crippen LogP contribution in [0.4, 0.5) is 0 Å². The van der Waals surface area contributed by atoms with Crippen molar-refractivity contribution in [3.63, 3.8) is 0 Å². The maximum Gasteiger partial charge on any atom is 0.270 e. The number of sulfonamides is 1. The number of thioether (sulfide) groups is 1. The Labute approximate surface area is 155 Å². The average Bonchev–Trinajstić information content (AvgIpc) is 2.60. The summed E-state index contributed by atoms with van der Waals surface area (Å²) in [4.78, 5) is 8.05. The number of methoxy groups -OCH3 is 2. The van der Waals surface area contributed by atoms with Gasteiger partial charge in [0.1, 0.15) is 4.90 Å². The van der Waals surface area contributed by atoms with Crippen molar-refractivity contribution >= 4 is 44.5 Å². The molecule has 0 fully saturated rings. The van der Waals surface area contributed by atoms with Crippen molar-refractivity contribution in [1.82, 2.24) is 4.31 Å². The van der Waals surface area contributed by atoms with E-state index in [4.69, 9.17) is 26.8 Å². The van der Waals surface area contributed by atoms with Gasteiger partial charge in [-0.3, -0.25) is 0 Å². The molecule has 0 spiro atoms. The van der Waals surface area contributed by atoms with Crippen LogP contribution in [0.1, 0.15) is 0 Å². The number of aliphatic imine (C=N–C) groups is 2. The first-order chi connectivity index (χ1) is 11.8. The molecule has 2 rings (SSSR count). The van der Waals surface area contributed by atoms with Crippen molar-refractivity contribution in [1.29, 1.82) is 0 Å². The summed E-state index contributed by atoms with van der Waals surface area (Å²) in [5, 5.41) is 0.199. The monoisotopic (exact) mass is 404 g/mol. The number of hydrogen-bond donors (Lipinski definition) is 1. The van der Waals surface area contributed by atoms with E-state index in [1.165, 1.54) is 32.4 Å². The second-order valence-electron chi connectivity index (χ2n) is 4.63. The van der Waals surface area contributed by atoms with E-state index in [0.29, 0.717) is 0 Å². The van der Waals surface area contributed by atoms with Crippen LogP contribution in [-0.4, -0.2) is 50.6 Å². The van der Waals surface area contributed by atoms with Crippen molar-refractivity contribution in [2.45, 2.75) is 11.1 Å². The molecule has 0 bridgehead atoms. The molecule has 0 aromatic heterocycles. The van der Waals surface area contributed by atoms with Crippen LogP contribution >= 0.6 is 23.4 Å². The average molecular weight is 405 g/mol. The lowest BCUT2D eigenvalue weighted by atomic mass is 10.4. The number of benzene rings is 1. The largest absolute Gasteiger partial charge is 0.481 e. The van der Waals surface area contributed by atoms with Gasteiger partial charge in [-0.25, -0.2) is 12.7 Å². The van der Waals surface area contributed by atoms with E-state index < -0.39 is 16.3 Å². The third-order valence-corrected chi connectivity index (χ3v) is 5.92. The zero-order chi connectivity index (χ0) is 18.6. The Balaban J connectivity index is 2.64. The van der Waals surface area contributed by atoms with Crippen LogP contribution in [0.15, 0.2) is 51.1 Å². The molecule has 1 aliphatic heterocycles. The maximum absolute atomic E-state index is 13.1. The molecule has 8 nitrogen and oxygen atoms in total. The maximum atomic E-state index is 13.1. The van der Waals surface area contributed by atoms with Crippen LogP contribution in [0.5, 0.6) is 0 Å². The van der Waals surface area contributed by atoms with E-state index >= 15 is 0 Å². The number of guanidine groups is 1. The molecule has 1 unspecified atom stereocenters. The Morgan fingerprint density at radius 3 is 2.64 bits per heavy atom. The molecule has 1 atom stereocenters. The lowest BCUT2D eigenvalue weighted by molar-refractivity contribution is 0.0757. The van der Waals surface area contributed by atoms with Gasteiger partial charge in [0.25, 0.3) is 10.0 Å². The predicted molar refractivity (Wildman–Crippen MR) is 98.9 cm³/mol. The summed E-state index contributed by atoms with van der Waals surface area (Å²) in [5.41, 5.74) is 5.74. The Morgan fingerprint density at radius 2 is 2.08 bits per heavy atom. The standard InChI is InChI=1S/C14H17ClN4O4S2/c1-22-11-8-12(23-2)19(14(17-11)18-13(16)24-3)25(20,21)10-7-5-4-6-9(10)15/h4-8,12H,1-3H3,(H2,16,17,18). The number of nitrogens with two attached hydrogens (primary N) is 1. The minimum atomic E-state index is -4.12. The second kappa shape index (κ2) is 8.09. The van der Waals surface area contributed by atoms with Crippen molar-refractivity contribution in [2.75, 3.05) is 20.5 Å². The molecule has 11 heteroatoms. The van der Waals surface area contributed by atoms with E-state index in [2.05, 4.69) is 9.98 Å². The van der Waals surface area contributed by atoms with Gasteiger partial charge < -0.3 is 15.2 Å². The smallest absolute Gasteiger partial charge is 0.270 e. The molecule has 2 N–H and O–H groups in total. The number of ether oxygens (including phenoxy) is 2. The van der Waals surface area contributed by atoms with Gasteiger partial charge in [-0.1, -0.05) is 35.5 Å². The molecule has 0 radical (unpaired) electrons. The van der Waals surface area contributed by atoms with Crippen molar-refractivity contribution in [3.8, 4) is 0 Å². The summed E-state index contributed by atoms with van der Waals surface area (Å²) in [6.45, 7) is 0. The molecule has 136 valence electrons. The molecule has 1 aliphatic rings. The topological polar surface area (TPSA) is 107 Å². The van der Waals surface area contributed by atoms with E-state index in [0.717, 1.165) is 16.1 Å². The number of halogens is 1. The zero-order valence-electron chi connectivity index (χ0n) is 13.7. The summed E-state index contributed by atoms with van der Waals surface area (Å²) in [5.74, 6) is -0.0249. The second-order valence-corrected chi connectivity index (χ2v) is 7.65. The zero-order valence-corrected chi connectivity index (χ0v) is 16.1. The normalized spacial score (nSPS) is 18.6. The Bertz CT molecular complexity index is 839. The first-order valence-corrected chi connectivity index (χ1v) is 9.93. The Morgan fingerprint density at radius 1 is 1.40 bits per heavy atom. The molecule has 0 saturated heterocycles. The first kappa shape index (κ1) is 19.6. The first-order valence-electron chi connectivity index (χ1n) is 6.89. The van der Waals surface area contributed by atoms with E-state index in [1.54, 1.807) is 18.4 Å². The van der Waals surface area contributed by atoms with Gasteiger partial charge in [0, 0.05) is 13.2 Å². The van der Waals surface area contributed by atoms with Crippen molar-refractivity contribution in [2.24, 2.45) is 15.7 Å². The quantitative estimate of drug-likeness (QED) is 0.606. The Hall–Kier alpha value is -1.75. The lowest BCUT2D eigenvalue weighted by Gasteiger charge is -2.31. The minimum Gasteiger partial charge on any atom is -0.481 e. The van der Waals surface area contributed by atoms with E-state index in [9.17, 15) is 8.42 Å². The molecular weight excluding hydrogens is 388 g/mol. The molecule has 1 aromatic rings. The highest BCUT2D eigenvalue weighted by molar-refractivity contribution is 8.13. The van der Waals surface area contributed by atoms with Gasteiger partial charge in [-0.2, -0.15) is 9.98 Å². The van der Waals surface area contributed by atoms with Gasteiger partial charge in [-0.15, -0.1) is 0 Å². The van der Waals surface area contributed by atoms with Crippen LogP contribution in [-0.2, 0) is 19.5 Å². The Kier molecular flexibility index (Phi) is 6.33. The molecule has 0 amide bonds. The minimum absolute atomic E-state index is 0.0695. The third-order valence-electron chi connectivity index (χ3n) is 3.17.